The van der Waals surface area contributed by atoms with Crippen molar-refractivity contribution < 1.29 is 14.3 Å². The van der Waals surface area contributed by atoms with Gasteiger partial charge in [-0.25, -0.2) is 4.39 Å². The van der Waals surface area contributed by atoms with E-state index >= 15 is 0 Å². The second kappa shape index (κ2) is 7.49. The van der Waals surface area contributed by atoms with Gasteiger partial charge in [0.25, 0.3) is 0 Å². The van der Waals surface area contributed by atoms with Crippen molar-refractivity contribution >= 4 is 16.8 Å². The summed E-state index contributed by atoms with van der Waals surface area (Å²) in [7, 11) is 0. The van der Waals surface area contributed by atoms with E-state index in [-0.39, 0.29) is 24.7 Å². The van der Waals surface area contributed by atoms with Crippen LogP contribution in [0.3, 0.4) is 0 Å². The number of para-hydroxylation sites is 1. The molecule has 1 amide bonds. The van der Waals surface area contributed by atoms with Gasteiger partial charge in [-0.15, -0.1) is 0 Å². The van der Waals surface area contributed by atoms with Crippen LogP contribution in [0.25, 0.3) is 10.9 Å². The molecule has 3 aromatic rings. The van der Waals surface area contributed by atoms with E-state index in [0.29, 0.717) is 5.56 Å². The van der Waals surface area contributed by atoms with Crippen molar-refractivity contribution in [3.05, 3.63) is 71.7 Å². The number of aliphatic hydroxyl groups excluding tert-OH is 1. The van der Waals surface area contributed by atoms with Crippen LogP contribution in [0, 0.1) is 5.82 Å². The number of rotatable bonds is 6. The quantitative estimate of drug-likeness (QED) is 0.724. The number of aryl methyl sites for hydroxylation is 1. The van der Waals surface area contributed by atoms with Crippen molar-refractivity contribution in [1.29, 1.82) is 0 Å². The van der Waals surface area contributed by atoms with Crippen molar-refractivity contribution in [3.63, 3.8) is 0 Å². The van der Waals surface area contributed by atoms with E-state index in [1.165, 1.54) is 24.3 Å². The molecule has 2 aromatic carbocycles. The molecule has 130 valence electrons. The second-order valence-electron chi connectivity index (χ2n) is 6.01. The van der Waals surface area contributed by atoms with E-state index in [1.807, 2.05) is 30.5 Å². The predicted molar refractivity (Wildman–Crippen MR) is 95.7 cm³/mol. The first-order chi connectivity index (χ1) is 12.1. The SMILES string of the molecule is CCn1cc(CC(=O)NCC(O)c2ccc(F)cc2)c2ccccc21. The Bertz CT molecular complexity index is 871. The number of aliphatic hydroxyl groups is 1. The number of nitrogens with one attached hydrogen (secondary N) is 1. The summed E-state index contributed by atoms with van der Waals surface area (Å²) in [5.74, 6) is -0.507. The number of nitrogens with zero attached hydrogens (tertiary/aromatic N) is 1. The maximum Gasteiger partial charge on any atom is 0.224 e. The summed E-state index contributed by atoms with van der Waals surface area (Å²) in [6, 6.07) is 13.6. The number of carbonyl (C=O) groups is 1. The van der Waals surface area contributed by atoms with Crippen LogP contribution in [0.5, 0.6) is 0 Å². The first kappa shape index (κ1) is 17.2. The van der Waals surface area contributed by atoms with Gasteiger partial charge in [-0.2, -0.15) is 0 Å². The third-order valence-electron chi connectivity index (χ3n) is 4.31. The molecule has 0 aliphatic carbocycles. The fourth-order valence-corrected chi connectivity index (χ4v) is 2.97. The average Bonchev–Trinajstić information content (AvgIpc) is 2.98. The van der Waals surface area contributed by atoms with Crippen LogP contribution in [0.1, 0.15) is 24.2 Å². The number of benzene rings is 2. The minimum absolute atomic E-state index is 0.0941. The standard InChI is InChI=1S/C20H21FN2O2/c1-2-23-13-15(17-5-3-4-6-18(17)23)11-20(25)22-12-19(24)14-7-9-16(21)10-8-14/h3-10,13,19,24H,2,11-12H2,1H3,(H,22,25). The molecule has 0 bridgehead atoms. The Hall–Kier alpha value is -2.66. The third kappa shape index (κ3) is 3.88. The Morgan fingerprint density at radius 3 is 2.64 bits per heavy atom. The van der Waals surface area contributed by atoms with Crippen LogP contribution in [-0.2, 0) is 17.8 Å². The molecule has 1 aromatic heterocycles. The van der Waals surface area contributed by atoms with Gasteiger partial charge in [-0.3, -0.25) is 4.79 Å². The number of amides is 1. The first-order valence-electron chi connectivity index (χ1n) is 8.35. The lowest BCUT2D eigenvalue weighted by molar-refractivity contribution is -0.120. The van der Waals surface area contributed by atoms with Crippen molar-refractivity contribution in [2.75, 3.05) is 6.54 Å². The molecular formula is C20H21FN2O2. The maximum absolute atomic E-state index is 12.9. The second-order valence-corrected chi connectivity index (χ2v) is 6.01. The Labute approximate surface area is 145 Å². The van der Waals surface area contributed by atoms with E-state index in [0.717, 1.165) is 23.0 Å². The highest BCUT2D eigenvalue weighted by Gasteiger charge is 2.13. The van der Waals surface area contributed by atoms with Gasteiger partial charge in [-0.1, -0.05) is 30.3 Å². The lowest BCUT2D eigenvalue weighted by Gasteiger charge is -2.12. The summed E-state index contributed by atoms with van der Waals surface area (Å²) < 4.78 is 15.0. The molecule has 4 nitrogen and oxygen atoms in total. The monoisotopic (exact) mass is 340 g/mol. The Balaban J connectivity index is 1.64. The van der Waals surface area contributed by atoms with Crippen LogP contribution in [0.2, 0.25) is 0 Å². The predicted octanol–water partition coefficient (Wildman–Crippen LogP) is 3.19. The van der Waals surface area contributed by atoms with Gasteiger partial charge in [-0.05, 0) is 36.2 Å². The molecule has 0 spiro atoms. The average molecular weight is 340 g/mol. The summed E-state index contributed by atoms with van der Waals surface area (Å²) in [5.41, 5.74) is 2.65. The smallest absolute Gasteiger partial charge is 0.224 e. The number of halogens is 1. The summed E-state index contributed by atoms with van der Waals surface area (Å²) >= 11 is 0. The van der Waals surface area contributed by atoms with E-state index in [2.05, 4.69) is 16.8 Å². The molecule has 3 rings (SSSR count). The molecule has 1 unspecified atom stereocenters. The van der Waals surface area contributed by atoms with Crippen LogP contribution >= 0.6 is 0 Å². The van der Waals surface area contributed by atoms with Crippen LogP contribution < -0.4 is 5.32 Å². The molecule has 0 saturated carbocycles. The van der Waals surface area contributed by atoms with Crippen molar-refractivity contribution in [2.24, 2.45) is 0 Å². The molecule has 5 heteroatoms. The normalized spacial score (nSPS) is 12.3. The molecule has 0 aliphatic heterocycles. The Morgan fingerprint density at radius 1 is 1.20 bits per heavy atom. The van der Waals surface area contributed by atoms with Gasteiger partial charge in [0.15, 0.2) is 0 Å². The fraction of sp³-hybridized carbons (Fsp3) is 0.250. The van der Waals surface area contributed by atoms with E-state index in [4.69, 9.17) is 0 Å². The zero-order chi connectivity index (χ0) is 17.8. The van der Waals surface area contributed by atoms with Gasteiger partial charge in [0.1, 0.15) is 5.82 Å². The maximum atomic E-state index is 12.9. The van der Waals surface area contributed by atoms with Crippen LogP contribution in [-0.4, -0.2) is 22.1 Å². The zero-order valence-electron chi connectivity index (χ0n) is 14.1. The lowest BCUT2D eigenvalue weighted by Crippen LogP contribution is -2.29. The first-order valence-corrected chi connectivity index (χ1v) is 8.35. The minimum atomic E-state index is -0.860. The van der Waals surface area contributed by atoms with Gasteiger partial charge in [0, 0.05) is 30.2 Å². The van der Waals surface area contributed by atoms with Gasteiger partial charge >= 0.3 is 0 Å². The molecule has 1 heterocycles. The molecule has 0 saturated heterocycles. The van der Waals surface area contributed by atoms with Gasteiger partial charge in [0.05, 0.1) is 12.5 Å². The Morgan fingerprint density at radius 2 is 1.92 bits per heavy atom. The third-order valence-corrected chi connectivity index (χ3v) is 4.31. The number of aromatic nitrogens is 1. The number of hydrogen-bond donors (Lipinski definition) is 2. The summed E-state index contributed by atoms with van der Waals surface area (Å²) in [6.07, 6.45) is 1.39. The van der Waals surface area contributed by atoms with Crippen LogP contribution in [0.4, 0.5) is 4.39 Å². The largest absolute Gasteiger partial charge is 0.387 e. The molecule has 0 radical (unpaired) electrons. The summed E-state index contributed by atoms with van der Waals surface area (Å²) in [5, 5.41) is 13.9. The molecule has 0 aliphatic rings. The van der Waals surface area contributed by atoms with Crippen molar-refractivity contribution in [1.82, 2.24) is 9.88 Å². The highest BCUT2D eigenvalue weighted by molar-refractivity contribution is 5.89. The fourth-order valence-electron chi connectivity index (χ4n) is 2.97. The summed E-state index contributed by atoms with van der Waals surface area (Å²) in [6.45, 7) is 3.00. The topological polar surface area (TPSA) is 54.3 Å². The molecular weight excluding hydrogens is 319 g/mol. The van der Waals surface area contributed by atoms with Gasteiger partial charge in [0.2, 0.25) is 5.91 Å². The highest BCUT2D eigenvalue weighted by atomic mass is 19.1. The zero-order valence-corrected chi connectivity index (χ0v) is 14.1. The molecule has 0 fully saturated rings. The molecule has 2 N–H and O–H groups in total. The lowest BCUT2D eigenvalue weighted by atomic mass is 10.1. The minimum Gasteiger partial charge on any atom is -0.387 e. The van der Waals surface area contributed by atoms with Crippen LogP contribution in [0.15, 0.2) is 54.7 Å². The van der Waals surface area contributed by atoms with Gasteiger partial charge < -0.3 is 15.0 Å². The van der Waals surface area contributed by atoms with E-state index < -0.39 is 6.10 Å². The molecule has 25 heavy (non-hydrogen) atoms. The highest BCUT2D eigenvalue weighted by Crippen LogP contribution is 2.21. The summed E-state index contributed by atoms with van der Waals surface area (Å²) in [4.78, 5) is 12.3. The van der Waals surface area contributed by atoms with E-state index in [1.54, 1.807) is 0 Å². The Kier molecular flexibility index (Phi) is 5.14. The van der Waals surface area contributed by atoms with Crippen molar-refractivity contribution in [3.8, 4) is 0 Å². The number of fused-ring (bicyclic) bond motifs is 1. The van der Waals surface area contributed by atoms with Crippen molar-refractivity contribution in [2.45, 2.75) is 26.0 Å². The number of carbonyl (C=O) groups excluding carboxylic acids is 1. The molecule has 1 atom stereocenters. The number of hydrogen-bond acceptors (Lipinski definition) is 2. The van der Waals surface area contributed by atoms with E-state index in [9.17, 15) is 14.3 Å².